The van der Waals surface area contributed by atoms with E-state index in [0.717, 1.165) is 34.1 Å². The Morgan fingerprint density at radius 3 is 2.48 bits per heavy atom. The van der Waals surface area contributed by atoms with E-state index in [0.29, 0.717) is 0 Å². The zero-order valence-corrected chi connectivity index (χ0v) is 14.6. The van der Waals surface area contributed by atoms with Crippen molar-refractivity contribution in [1.82, 2.24) is 19.9 Å². The highest BCUT2D eigenvalue weighted by Gasteiger charge is 2.13. The molecule has 4 aromatic rings. The van der Waals surface area contributed by atoms with Gasteiger partial charge in [0.2, 0.25) is 5.95 Å². The molecule has 2 aromatic carbocycles. The van der Waals surface area contributed by atoms with Gasteiger partial charge in [-0.05, 0) is 41.3 Å². The smallest absolute Gasteiger partial charge is 0.205 e. The lowest BCUT2D eigenvalue weighted by molar-refractivity contribution is 0.590. The average Bonchev–Trinajstić information content (AvgIpc) is 3.23. The molecule has 2 aromatic heterocycles. The average molecular weight is 331 g/mol. The molecule has 0 unspecified atom stereocenters. The van der Waals surface area contributed by atoms with E-state index in [1.54, 1.807) is 6.20 Å². The largest absolute Gasteiger partial charge is 0.345 e. The number of hydrogen-bond donors (Lipinski definition) is 3. The molecule has 0 spiro atoms. The van der Waals surface area contributed by atoms with E-state index in [9.17, 15) is 0 Å². The highest BCUT2D eigenvalue weighted by Crippen LogP contribution is 2.26. The fraction of sp³-hybridized carbons (Fsp3) is 0.200. The molecule has 0 aliphatic heterocycles. The molecule has 5 nitrogen and oxygen atoms in total. The normalized spacial score (nSPS) is 11.8. The van der Waals surface area contributed by atoms with E-state index < -0.39 is 0 Å². The van der Waals surface area contributed by atoms with Gasteiger partial charge in [0.05, 0.1) is 11.0 Å². The van der Waals surface area contributed by atoms with Crippen molar-refractivity contribution < 1.29 is 0 Å². The molecule has 0 radical (unpaired) electrons. The number of nitrogens with zero attached hydrogens (tertiary/aromatic N) is 2. The molecule has 0 aliphatic rings. The van der Waals surface area contributed by atoms with E-state index in [1.165, 1.54) is 5.56 Å². The molecule has 5 heteroatoms. The monoisotopic (exact) mass is 331 g/mol. The fourth-order valence-corrected chi connectivity index (χ4v) is 2.83. The Labute approximate surface area is 146 Å². The molecule has 0 saturated carbocycles. The number of rotatable bonds is 3. The van der Waals surface area contributed by atoms with Gasteiger partial charge in [0.1, 0.15) is 5.82 Å². The summed E-state index contributed by atoms with van der Waals surface area (Å²) in [5.74, 6) is 1.58. The lowest BCUT2D eigenvalue weighted by Gasteiger charge is -2.19. The summed E-state index contributed by atoms with van der Waals surface area (Å²) in [6, 6.07) is 14.5. The van der Waals surface area contributed by atoms with Crippen molar-refractivity contribution in [2.45, 2.75) is 26.2 Å². The van der Waals surface area contributed by atoms with Gasteiger partial charge in [-0.2, -0.15) is 0 Å². The van der Waals surface area contributed by atoms with Crippen molar-refractivity contribution in [3.63, 3.8) is 0 Å². The SMILES string of the molecule is CC(C)(C)c1ccc(Nc2nc3ccc(-c4ncc[nH]4)cc3[nH]2)cc1. The van der Waals surface area contributed by atoms with Crippen LogP contribution in [0.5, 0.6) is 0 Å². The molecular formula is C20H21N5. The molecule has 0 aliphatic carbocycles. The van der Waals surface area contributed by atoms with Gasteiger partial charge in [0.25, 0.3) is 0 Å². The van der Waals surface area contributed by atoms with E-state index in [2.05, 4.69) is 76.4 Å². The molecule has 25 heavy (non-hydrogen) atoms. The number of nitrogens with one attached hydrogen (secondary N) is 3. The highest BCUT2D eigenvalue weighted by atomic mass is 15.1. The van der Waals surface area contributed by atoms with Crippen LogP contribution in [0, 0.1) is 0 Å². The standard InChI is InChI=1S/C20H21N5/c1-20(2,3)14-5-7-15(8-6-14)23-19-24-16-9-4-13(12-17(16)25-19)18-21-10-11-22-18/h4-12H,1-3H3,(H,21,22)(H2,23,24,25). The number of fused-ring (bicyclic) bond motifs is 1. The third kappa shape index (κ3) is 3.13. The van der Waals surface area contributed by atoms with E-state index in [-0.39, 0.29) is 5.41 Å². The molecule has 126 valence electrons. The summed E-state index contributed by atoms with van der Waals surface area (Å²) in [4.78, 5) is 15.3. The predicted octanol–water partition coefficient (Wildman–Crippen LogP) is 4.99. The van der Waals surface area contributed by atoms with E-state index in [1.807, 2.05) is 18.3 Å². The van der Waals surface area contributed by atoms with Crippen LogP contribution < -0.4 is 5.32 Å². The van der Waals surface area contributed by atoms with Crippen molar-refractivity contribution in [2.75, 3.05) is 5.32 Å². The Bertz CT molecular complexity index is 989. The van der Waals surface area contributed by atoms with Crippen LogP contribution in [-0.2, 0) is 5.41 Å². The molecule has 0 atom stereocenters. The van der Waals surface area contributed by atoms with Gasteiger partial charge in [-0.3, -0.25) is 0 Å². The van der Waals surface area contributed by atoms with Gasteiger partial charge in [0.15, 0.2) is 0 Å². The first-order valence-electron chi connectivity index (χ1n) is 8.36. The van der Waals surface area contributed by atoms with Crippen LogP contribution in [0.4, 0.5) is 11.6 Å². The predicted molar refractivity (Wildman–Crippen MR) is 102 cm³/mol. The maximum atomic E-state index is 4.60. The van der Waals surface area contributed by atoms with Crippen LogP contribution in [0.3, 0.4) is 0 Å². The van der Waals surface area contributed by atoms with Gasteiger partial charge in [-0.25, -0.2) is 9.97 Å². The molecule has 0 saturated heterocycles. The van der Waals surface area contributed by atoms with Crippen LogP contribution in [0.2, 0.25) is 0 Å². The molecule has 0 amide bonds. The molecule has 0 bridgehead atoms. The number of aromatic nitrogens is 4. The van der Waals surface area contributed by atoms with Gasteiger partial charge in [0, 0.05) is 23.6 Å². The van der Waals surface area contributed by atoms with Crippen LogP contribution in [0.1, 0.15) is 26.3 Å². The third-order valence-electron chi connectivity index (χ3n) is 4.27. The first-order valence-corrected chi connectivity index (χ1v) is 8.36. The summed E-state index contributed by atoms with van der Waals surface area (Å²) in [5, 5.41) is 3.34. The topological polar surface area (TPSA) is 69.4 Å². The summed E-state index contributed by atoms with van der Waals surface area (Å²) in [6.45, 7) is 6.64. The van der Waals surface area contributed by atoms with E-state index in [4.69, 9.17) is 0 Å². The molecule has 3 N–H and O–H groups in total. The second-order valence-corrected chi connectivity index (χ2v) is 7.21. The molecule has 4 rings (SSSR count). The Morgan fingerprint density at radius 1 is 1.00 bits per heavy atom. The second kappa shape index (κ2) is 5.77. The Balaban J connectivity index is 1.59. The van der Waals surface area contributed by atoms with Crippen molar-refractivity contribution in [2.24, 2.45) is 0 Å². The maximum absolute atomic E-state index is 4.60. The summed E-state index contributed by atoms with van der Waals surface area (Å²) in [5.41, 5.74) is 5.40. The number of benzene rings is 2. The Hall–Kier alpha value is -3.08. The molecule has 0 fully saturated rings. The number of imidazole rings is 2. The maximum Gasteiger partial charge on any atom is 0.205 e. The quantitative estimate of drug-likeness (QED) is 0.495. The highest BCUT2D eigenvalue weighted by molar-refractivity contribution is 5.82. The minimum atomic E-state index is 0.153. The van der Waals surface area contributed by atoms with E-state index >= 15 is 0 Å². The second-order valence-electron chi connectivity index (χ2n) is 7.21. The summed E-state index contributed by atoms with van der Waals surface area (Å²) in [7, 11) is 0. The van der Waals surface area contributed by atoms with Gasteiger partial charge in [-0.1, -0.05) is 32.9 Å². The zero-order chi connectivity index (χ0) is 17.4. The Kier molecular flexibility index (Phi) is 3.57. The summed E-state index contributed by atoms with van der Waals surface area (Å²) in [6.07, 6.45) is 3.57. The van der Waals surface area contributed by atoms with Crippen molar-refractivity contribution in [1.29, 1.82) is 0 Å². The van der Waals surface area contributed by atoms with Gasteiger partial charge >= 0.3 is 0 Å². The number of hydrogen-bond acceptors (Lipinski definition) is 3. The molecule has 2 heterocycles. The fourth-order valence-electron chi connectivity index (χ4n) is 2.83. The van der Waals surface area contributed by atoms with Crippen molar-refractivity contribution in [3.8, 4) is 11.4 Å². The van der Waals surface area contributed by atoms with Crippen LogP contribution in [0.25, 0.3) is 22.4 Å². The number of aromatic amines is 2. The third-order valence-corrected chi connectivity index (χ3v) is 4.27. The number of anilines is 2. The minimum absolute atomic E-state index is 0.153. The minimum Gasteiger partial charge on any atom is -0.345 e. The summed E-state index contributed by atoms with van der Waals surface area (Å²) >= 11 is 0. The zero-order valence-electron chi connectivity index (χ0n) is 14.6. The first kappa shape index (κ1) is 15.4. The summed E-state index contributed by atoms with van der Waals surface area (Å²) < 4.78 is 0. The van der Waals surface area contributed by atoms with Crippen LogP contribution in [0.15, 0.2) is 54.9 Å². The van der Waals surface area contributed by atoms with Crippen molar-refractivity contribution >= 4 is 22.7 Å². The lowest BCUT2D eigenvalue weighted by atomic mass is 9.87. The van der Waals surface area contributed by atoms with Gasteiger partial charge < -0.3 is 15.3 Å². The van der Waals surface area contributed by atoms with Crippen molar-refractivity contribution in [3.05, 3.63) is 60.4 Å². The number of H-pyrrole nitrogens is 2. The van der Waals surface area contributed by atoms with Crippen LogP contribution >= 0.6 is 0 Å². The lowest BCUT2D eigenvalue weighted by Crippen LogP contribution is -2.10. The Morgan fingerprint density at radius 2 is 1.80 bits per heavy atom. The first-order chi connectivity index (χ1) is 12.0. The molecular weight excluding hydrogens is 310 g/mol. The van der Waals surface area contributed by atoms with Gasteiger partial charge in [-0.15, -0.1) is 0 Å². The van der Waals surface area contributed by atoms with Crippen LogP contribution in [-0.4, -0.2) is 19.9 Å².